The van der Waals surface area contributed by atoms with Gasteiger partial charge in [-0.2, -0.15) is 4.98 Å². The van der Waals surface area contributed by atoms with Gasteiger partial charge in [0.2, 0.25) is 11.7 Å². The van der Waals surface area contributed by atoms with Crippen molar-refractivity contribution in [2.24, 2.45) is 0 Å². The Bertz CT molecular complexity index is 992. The lowest BCUT2D eigenvalue weighted by Crippen LogP contribution is -2.17. The number of phenols is 2. The first-order valence-electron chi connectivity index (χ1n) is 9.44. The number of hydrogen-bond donors (Lipinski definition) is 2. The number of aromatic nitrogens is 2. The highest BCUT2D eigenvalue weighted by molar-refractivity contribution is 5.68. The van der Waals surface area contributed by atoms with Crippen LogP contribution in [0.15, 0.2) is 40.9 Å². The molecular formula is C23H28N2O3. The van der Waals surface area contributed by atoms with Crippen LogP contribution >= 0.6 is 0 Å². The van der Waals surface area contributed by atoms with Crippen molar-refractivity contribution in [3.05, 3.63) is 59.0 Å². The molecule has 0 saturated heterocycles. The Kier molecular flexibility index (Phi) is 4.96. The van der Waals surface area contributed by atoms with Gasteiger partial charge in [0, 0.05) is 11.1 Å². The van der Waals surface area contributed by atoms with E-state index in [9.17, 15) is 10.2 Å². The molecule has 5 heteroatoms. The number of nitrogens with zero attached hydrogens (tertiary/aromatic N) is 2. The van der Waals surface area contributed by atoms with Gasteiger partial charge >= 0.3 is 0 Å². The summed E-state index contributed by atoms with van der Waals surface area (Å²) in [6.45, 7) is 12.6. The highest BCUT2D eigenvalue weighted by Gasteiger charge is 2.27. The topological polar surface area (TPSA) is 79.4 Å². The van der Waals surface area contributed by atoms with Crippen LogP contribution in [0.4, 0.5) is 0 Å². The van der Waals surface area contributed by atoms with Crippen LogP contribution < -0.4 is 0 Å². The van der Waals surface area contributed by atoms with Gasteiger partial charge in [-0.25, -0.2) is 0 Å². The van der Waals surface area contributed by atoms with E-state index in [1.807, 2.05) is 18.2 Å². The Morgan fingerprint density at radius 3 is 2.21 bits per heavy atom. The summed E-state index contributed by atoms with van der Waals surface area (Å²) in [6.07, 6.45) is 0.325. The quantitative estimate of drug-likeness (QED) is 0.642. The lowest BCUT2D eigenvalue weighted by Gasteiger charge is -2.27. The molecule has 0 saturated carbocycles. The SMILES string of the molecule is CC(C)(C)c1cc(-c2noc(Cc3ccccc3O)n2)c(O)c(C(C)(C)C)c1. The molecule has 0 amide bonds. The number of rotatable bonds is 3. The lowest BCUT2D eigenvalue weighted by atomic mass is 9.79. The van der Waals surface area contributed by atoms with E-state index in [1.54, 1.807) is 12.1 Å². The maximum Gasteiger partial charge on any atom is 0.231 e. The number of hydrogen-bond acceptors (Lipinski definition) is 5. The van der Waals surface area contributed by atoms with Gasteiger partial charge in [0.1, 0.15) is 11.5 Å². The van der Waals surface area contributed by atoms with E-state index in [-0.39, 0.29) is 22.3 Å². The minimum Gasteiger partial charge on any atom is -0.508 e. The summed E-state index contributed by atoms with van der Waals surface area (Å²) < 4.78 is 5.40. The number of para-hydroxylation sites is 1. The molecule has 0 fully saturated rings. The highest BCUT2D eigenvalue weighted by atomic mass is 16.5. The first kappa shape index (κ1) is 19.9. The predicted molar refractivity (Wildman–Crippen MR) is 110 cm³/mol. The van der Waals surface area contributed by atoms with Gasteiger partial charge in [-0.15, -0.1) is 0 Å². The number of phenolic OH excluding ortho intramolecular Hbond substituents is 2. The van der Waals surface area contributed by atoms with Crippen molar-refractivity contribution in [1.82, 2.24) is 10.1 Å². The molecule has 0 atom stereocenters. The van der Waals surface area contributed by atoms with Gasteiger partial charge in [-0.3, -0.25) is 0 Å². The molecule has 0 aliphatic carbocycles. The lowest BCUT2D eigenvalue weighted by molar-refractivity contribution is 0.382. The van der Waals surface area contributed by atoms with Crippen molar-refractivity contribution in [2.45, 2.75) is 58.8 Å². The fraction of sp³-hybridized carbons (Fsp3) is 0.391. The van der Waals surface area contributed by atoms with E-state index in [0.717, 1.165) is 11.1 Å². The van der Waals surface area contributed by atoms with Crippen LogP contribution in [-0.2, 0) is 17.3 Å². The Morgan fingerprint density at radius 2 is 1.61 bits per heavy atom. The molecule has 0 aliphatic heterocycles. The minimum absolute atomic E-state index is 0.0924. The summed E-state index contributed by atoms with van der Waals surface area (Å²) in [7, 11) is 0. The molecule has 2 N–H and O–H groups in total. The summed E-state index contributed by atoms with van der Waals surface area (Å²) in [5.74, 6) is 1.10. The van der Waals surface area contributed by atoms with Gasteiger partial charge in [-0.1, -0.05) is 71.0 Å². The largest absolute Gasteiger partial charge is 0.508 e. The normalized spacial score (nSPS) is 12.4. The molecule has 5 nitrogen and oxygen atoms in total. The predicted octanol–water partition coefficient (Wildman–Crippen LogP) is 5.33. The Labute approximate surface area is 166 Å². The molecule has 0 radical (unpaired) electrons. The molecule has 148 valence electrons. The third-order valence-corrected chi connectivity index (χ3v) is 4.83. The van der Waals surface area contributed by atoms with Crippen LogP contribution in [0.1, 0.15) is 64.1 Å². The second kappa shape index (κ2) is 6.97. The smallest absolute Gasteiger partial charge is 0.231 e. The van der Waals surface area contributed by atoms with Crippen LogP contribution in [0.25, 0.3) is 11.4 Å². The highest BCUT2D eigenvalue weighted by Crippen LogP contribution is 2.41. The maximum absolute atomic E-state index is 10.9. The number of aromatic hydroxyl groups is 2. The van der Waals surface area contributed by atoms with Crippen molar-refractivity contribution in [3.63, 3.8) is 0 Å². The monoisotopic (exact) mass is 380 g/mol. The molecule has 1 heterocycles. The van der Waals surface area contributed by atoms with Crippen LogP contribution in [0, 0.1) is 0 Å². The Morgan fingerprint density at radius 1 is 0.929 bits per heavy atom. The molecule has 3 aromatic rings. The maximum atomic E-state index is 10.9. The van der Waals surface area contributed by atoms with E-state index in [4.69, 9.17) is 4.52 Å². The van der Waals surface area contributed by atoms with Crippen LogP contribution in [0.3, 0.4) is 0 Å². The van der Waals surface area contributed by atoms with Crippen LogP contribution in [-0.4, -0.2) is 20.4 Å². The second-order valence-electron chi connectivity index (χ2n) is 9.24. The van der Waals surface area contributed by atoms with Crippen LogP contribution in [0.5, 0.6) is 11.5 Å². The zero-order chi connectivity index (χ0) is 20.7. The molecular weight excluding hydrogens is 352 g/mol. The average molecular weight is 380 g/mol. The first-order valence-corrected chi connectivity index (χ1v) is 9.44. The van der Waals surface area contributed by atoms with E-state index in [2.05, 4.69) is 57.7 Å². The molecule has 28 heavy (non-hydrogen) atoms. The second-order valence-corrected chi connectivity index (χ2v) is 9.24. The van der Waals surface area contributed by atoms with Gasteiger partial charge in [0.15, 0.2) is 0 Å². The van der Waals surface area contributed by atoms with E-state index in [0.29, 0.717) is 29.3 Å². The molecule has 0 spiro atoms. The van der Waals surface area contributed by atoms with Crippen molar-refractivity contribution in [3.8, 4) is 22.9 Å². The molecule has 0 unspecified atom stereocenters. The van der Waals surface area contributed by atoms with Crippen molar-refractivity contribution >= 4 is 0 Å². The van der Waals surface area contributed by atoms with Crippen molar-refractivity contribution in [1.29, 1.82) is 0 Å². The zero-order valence-corrected chi connectivity index (χ0v) is 17.4. The van der Waals surface area contributed by atoms with Crippen molar-refractivity contribution in [2.75, 3.05) is 0 Å². The summed E-state index contributed by atoms with van der Waals surface area (Å²) in [4.78, 5) is 4.48. The first-order chi connectivity index (χ1) is 13.0. The fourth-order valence-corrected chi connectivity index (χ4v) is 3.07. The molecule has 2 aromatic carbocycles. The fourth-order valence-electron chi connectivity index (χ4n) is 3.07. The van der Waals surface area contributed by atoms with Crippen LogP contribution in [0.2, 0.25) is 0 Å². The summed E-state index contributed by atoms with van der Waals surface area (Å²) >= 11 is 0. The molecule has 3 rings (SSSR count). The zero-order valence-electron chi connectivity index (χ0n) is 17.4. The van der Waals surface area contributed by atoms with Gasteiger partial charge < -0.3 is 14.7 Å². The number of benzene rings is 2. The van der Waals surface area contributed by atoms with Crippen molar-refractivity contribution < 1.29 is 14.7 Å². The van der Waals surface area contributed by atoms with Gasteiger partial charge in [0.25, 0.3) is 0 Å². The molecule has 1 aromatic heterocycles. The third-order valence-electron chi connectivity index (χ3n) is 4.83. The summed E-state index contributed by atoms with van der Waals surface area (Å²) in [6, 6.07) is 11.0. The van der Waals surface area contributed by atoms with Gasteiger partial charge in [0.05, 0.1) is 12.0 Å². The standard InChI is InChI=1S/C23H28N2O3/c1-22(2,3)15-12-16(20(27)17(13-15)23(4,5)6)21-24-19(28-25-21)11-14-9-7-8-10-18(14)26/h7-10,12-13,26-27H,11H2,1-6H3. The van der Waals surface area contributed by atoms with Gasteiger partial charge in [-0.05, 0) is 28.5 Å². The average Bonchev–Trinajstić information content (AvgIpc) is 3.03. The summed E-state index contributed by atoms with van der Waals surface area (Å²) in [5.41, 5.74) is 2.89. The minimum atomic E-state index is -0.234. The third kappa shape index (κ3) is 4.03. The van der Waals surface area contributed by atoms with E-state index in [1.165, 1.54) is 0 Å². The van der Waals surface area contributed by atoms with E-state index >= 15 is 0 Å². The van der Waals surface area contributed by atoms with E-state index < -0.39 is 0 Å². The molecule has 0 aliphatic rings. The Hall–Kier alpha value is -2.82. The summed E-state index contributed by atoms with van der Waals surface area (Å²) in [5, 5.41) is 25.0. The molecule has 0 bridgehead atoms. The Balaban J connectivity index is 2.06.